The fourth-order valence-corrected chi connectivity index (χ4v) is 0.714. The van der Waals surface area contributed by atoms with Crippen molar-refractivity contribution in [2.45, 2.75) is 6.18 Å². The summed E-state index contributed by atoms with van der Waals surface area (Å²) in [6, 6.07) is 5.39. The molecule has 0 aliphatic carbocycles. The monoisotopic (exact) mass is 175 g/mol. The molecular weight excluding hydrogens is 169 g/mol. The molecule has 0 fully saturated rings. The maximum absolute atomic E-state index is 12.0. The van der Waals surface area contributed by atoms with Crippen molar-refractivity contribution >= 4 is 0 Å². The van der Waals surface area contributed by atoms with E-state index in [1.165, 1.54) is 13.2 Å². The molecule has 0 aliphatic heterocycles. The van der Waals surface area contributed by atoms with Crippen LogP contribution in [0.1, 0.15) is 5.56 Å². The Balaban J connectivity index is 2.93. The minimum absolute atomic E-state index is 0.294. The van der Waals surface area contributed by atoms with Gasteiger partial charge in [-0.2, -0.15) is 13.2 Å². The van der Waals surface area contributed by atoms with Crippen LogP contribution in [0.2, 0.25) is 0 Å². The lowest BCUT2D eigenvalue weighted by atomic mass is 10.2. The first-order valence-electron chi connectivity index (χ1n) is 3.17. The van der Waals surface area contributed by atoms with E-state index >= 15 is 0 Å². The zero-order valence-corrected chi connectivity index (χ0v) is 6.27. The highest BCUT2D eigenvalue weighted by Crippen LogP contribution is 2.29. The number of hydrogen-bond donors (Lipinski definition) is 0. The zero-order valence-electron chi connectivity index (χ0n) is 6.27. The van der Waals surface area contributed by atoms with E-state index in [0.717, 1.165) is 12.1 Å². The van der Waals surface area contributed by atoms with Crippen LogP contribution >= 0.6 is 0 Å². The summed E-state index contributed by atoms with van der Waals surface area (Å²) < 4.78 is 40.5. The van der Waals surface area contributed by atoms with Crippen LogP contribution in [-0.4, -0.2) is 7.11 Å². The summed E-state index contributed by atoms with van der Waals surface area (Å²) in [5, 5.41) is 0. The topological polar surface area (TPSA) is 9.23 Å². The maximum atomic E-state index is 12.0. The molecule has 0 amide bonds. The molecule has 0 saturated carbocycles. The van der Waals surface area contributed by atoms with Gasteiger partial charge in [-0.05, 0) is 18.2 Å². The molecule has 0 unspecified atom stereocenters. The normalized spacial score (nSPS) is 11.3. The third kappa shape index (κ3) is 1.90. The van der Waals surface area contributed by atoms with E-state index in [2.05, 4.69) is 10.8 Å². The molecule has 1 aromatic rings. The van der Waals surface area contributed by atoms with Gasteiger partial charge in [0.1, 0.15) is 5.75 Å². The largest absolute Gasteiger partial charge is 0.496 e. The smallest absolute Gasteiger partial charge is 0.416 e. The van der Waals surface area contributed by atoms with Crippen molar-refractivity contribution in [3.8, 4) is 5.75 Å². The Morgan fingerprint density at radius 3 is 2.33 bits per heavy atom. The van der Waals surface area contributed by atoms with Crippen molar-refractivity contribution in [2.75, 3.05) is 7.11 Å². The van der Waals surface area contributed by atoms with Gasteiger partial charge in [0.25, 0.3) is 0 Å². The summed E-state index contributed by atoms with van der Waals surface area (Å²) in [5.41, 5.74) is -0.719. The number of benzene rings is 1. The van der Waals surface area contributed by atoms with Crippen LogP contribution in [0.15, 0.2) is 18.2 Å². The Morgan fingerprint density at radius 2 is 2.00 bits per heavy atom. The summed E-state index contributed by atoms with van der Waals surface area (Å²) in [5.74, 6) is 0.294. The predicted octanol–water partition coefficient (Wildman–Crippen LogP) is 2.51. The fourth-order valence-electron chi connectivity index (χ4n) is 0.714. The molecule has 0 saturated heterocycles. The van der Waals surface area contributed by atoms with E-state index in [1.54, 1.807) is 0 Å². The first-order valence-corrected chi connectivity index (χ1v) is 3.17. The van der Waals surface area contributed by atoms with E-state index in [4.69, 9.17) is 0 Å². The highest BCUT2D eigenvalue weighted by molar-refractivity contribution is 5.27. The second-order valence-electron chi connectivity index (χ2n) is 2.14. The molecule has 0 aliphatic rings. The van der Waals surface area contributed by atoms with Crippen molar-refractivity contribution in [3.05, 3.63) is 29.8 Å². The fraction of sp³-hybridized carbons (Fsp3) is 0.250. The van der Waals surface area contributed by atoms with Crippen LogP contribution in [0.3, 0.4) is 0 Å². The summed E-state index contributed by atoms with van der Waals surface area (Å²) in [4.78, 5) is 0. The molecule has 1 aromatic carbocycles. The Morgan fingerprint density at radius 1 is 1.33 bits per heavy atom. The van der Waals surface area contributed by atoms with Crippen molar-refractivity contribution < 1.29 is 17.9 Å². The average Bonchev–Trinajstić information content (AvgIpc) is 2.03. The number of ether oxygens (including phenoxy) is 1. The Kier molecular flexibility index (Phi) is 2.26. The van der Waals surface area contributed by atoms with Crippen LogP contribution in [0, 0.1) is 6.07 Å². The Bertz CT molecular complexity index is 250. The molecule has 4 heteroatoms. The van der Waals surface area contributed by atoms with Gasteiger partial charge in [0.2, 0.25) is 0 Å². The molecule has 1 radical (unpaired) electrons. The number of hydrogen-bond acceptors (Lipinski definition) is 1. The number of alkyl halides is 3. The lowest BCUT2D eigenvalue weighted by Gasteiger charge is -2.06. The van der Waals surface area contributed by atoms with Gasteiger partial charge in [0.05, 0.1) is 12.7 Å². The molecule has 1 nitrogen and oxygen atoms in total. The van der Waals surface area contributed by atoms with Crippen molar-refractivity contribution in [1.82, 2.24) is 0 Å². The predicted molar refractivity (Wildman–Crippen MR) is 36.8 cm³/mol. The Labute approximate surface area is 67.8 Å². The highest BCUT2D eigenvalue weighted by Gasteiger charge is 2.29. The van der Waals surface area contributed by atoms with E-state index in [-0.39, 0.29) is 0 Å². The molecule has 0 spiro atoms. The number of methoxy groups -OCH3 is 1. The summed E-state index contributed by atoms with van der Waals surface area (Å²) in [6.07, 6.45) is -4.30. The highest BCUT2D eigenvalue weighted by atomic mass is 19.4. The van der Waals surface area contributed by atoms with E-state index in [0.29, 0.717) is 5.75 Å². The quantitative estimate of drug-likeness (QED) is 0.637. The summed E-state index contributed by atoms with van der Waals surface area (Å²) >= 11 is 0. The van der Waals surface area contributed by atoms with E-state index < -0.39 is 11.7 Å². The van der Waals surface area contributed by atoms with Crippen LogP contribution in [0.4, 0.5) is 13.2 Å². The standard InChI is InChI=1S/C8H6F3O/c1-12-7-4-2-6(3-5-7)8(9,10)11/h2-4H,1H3. The second-order valence-corrected chi connectivity index (χ2v) is 2.14. The minimum Gasteiger partial charge on any atom is -0.496 e. The van der Waals surface area contributed by atoms with Crippen molar-refractivity contribution in [3.63, 3.8) is 0 Å². The number of rotatable bonds is 1. The minimum atomic E-state index is -4.30. The third-order valence-electron chi connectivity index (χ3n) is 1.33. The van der Waals surface area contributed by atoms with Crippen LogP contribution in [-0.2, 0) is 6.18 Å². The second kappa shape index (κ2) is 3.05. The number of halogens is 3. The molecule has 0 atom stereocenters. The average molecular weight is 175 g/mol. The molecule has 0 N–H and O–H groups in total. The van der Waals surface area contributed by atoms with Gasteiger partial charge in [-0.1, -0.05) is 0 Å². The first-order chi connectivity index (χ1) is 5.54. The van der Waals surface area contributed by atoms with Gasteiger partial charge >= 0.3 is 6.18 Å². The van der Waals surface area contributed by atoms with Crippen molar-refractivity contribution in [2.24, 2.45) is 0 Å². The third-order valence-corrected chi connectivity index (χ3v) is 1.33. The maximum Gasteiger partial charge on any atom is 0.416 e. The summed E-state index contributed by atoms with van der Waals surface area (Å²) in [6.45, 7) is 0. The van der Waals surface area contributed by atoms with E-state index in [1.807, 2.05) is 0 Å². The summed E-state index contributed by atoms with van der Waals surface area (Å²) in [7, 11) is 1.37. The van der Waals surface area contributed by atoms with Crippen molar-refractivity contribution in [1.29, 1.82) is 0 Å². The lowest BCUT2D eigenvalue weighted by molar-refractivity contribution is -0.137. The molecule has 0 heterocycles. The lowest BCUT2D eigenvalue weighted by Crippen LogP contribution is -2.04. The molecule has 65 valence electrons. The first kappa shape index (κ1) is 8.90. The van der Waals surface area contributed by atoms with Crippen LogP contribution in [0.25, 0.3) is 0 Å². The van der Waals surface area contributed by atoms with Gasteiger partial charge < -0.3 is 4.74 Å². The zero-order chi connectivity index (χ0) is 9.19. The molecule has 0 bridgehead atoms. The van der Waals surface area contributed by atoms with Crippen LogP contribution in [0.5, 0.6) is 5.75 Å². The van der Waals surface area contributed by atoms with Crippen LogP contribution < -0.4 is 4.74 Å². The van der Waals surface area contributed by atoms with Gasteiger partial charge in [-0.25, -0.2) is 0 Å². The van der Waals surface area contributed by atoms with Gasteiger partial charge in [-0.15, -0.1) is 0 Å². The SMILES string of the molecule is COc1[c]cc(C(F)(F)F)cc1. The van der Waals surface area contributed by atoms with Gasteiger partial charge in [-0.3, -0.25) is 0 Å². The van der Waals surface area contributed by atoms with E-state index in [9.17, 15) is 13.2 Å². The van der Waals surface area contributed by atoms with Gasteiger partial charge in [0.15, 0.2) is 0 Å². The molecule has 0 aromatic heterocycles. The van der Waals surface area contributed by atoms with Gasteiger partial charge in [0, 0.05) is 6.07 Å². The molecular formula is C8H6F3O. The molecule has 1 rings (SSSR count). The molecule has 12 heavy (non-hydrogen) atoms. The Hall–Kier alpha value is -1.19.